The second kappa shape index (κ2) is 7.06. The second-order valence-corrected chi connectivity index (χ2v) is 7.53. The van der Waals surface area contributed by atoms with Gasteiger partial charge in [0.05, 0.1) is 17.1 Å². The predicted molar refractivity (Wildman–Crippen MR) is 106 cm³/mol. The average molecular weight is 393 g/mol. The smallest absolute Gasteiger partial charge is 0.280 e. The van der Waals surface area contributed by atoms with Gasteiger partial charge in [0, 0.05) is 30.6 Å². The molecule has 1 amide bonds. The normalized spacial score (nSPS) is 23.9. The maximum Gasteiger partial charge on any atom is 0.280 e. The summed E-state index contributed by atoms with van der Waals surface area (Å²) in [4.78, 5) is 34.2. The molecule has 0 radical (unpaired) electrons. The average Bonchev–Trinajstić information content (AvgIpc) is 3.16. The molecule has 2 aliphatic heterocycles. The standard InChI is InChI=1S/C21H20FN5O2/c22-14-6-2-1-5-12(14)18-13-11-27(10-9-15(13)25-26-18)21(29)19-20(28)24-17-8-4-3-7-16(17)23-19/h1-8,13,15,18,25-26H,9-11H2,(H,24,28). The van der Waals surface area contributed by atoms with Crippen LogP contribution in [0.2, 0.25) is 0 Å². The largest absolute Gasteiger partial charge is 0.337 e. The first-order valence-corrected chi connectivity index (χ1v) is 9.65. The quantitative estimate of drug-likeness (QED) is 0.617. The Labute approximate surface area is 165 Å². The van der Waals surface area contributed by atoms with Crippen molar-refractivity contribution < 1.29 is 9.18 Å². The maximum absolute atomic E-state index is 14.3. The van der Waals surface area contributed by atoms with Crippen LogP contribution < -0.4 is 16.4 Å². The molecule has 7 nitrogen and oxygen atoms in total. The van der Waals surface area contributed by atoms with E-state index < -0.39 is 11.5 Å². The van der Waals surface area contributed by atoms with Gasteiger partial charge in [-0.3, -0.25) is 15.0 Å². The molecule has 3 unspecified atom stereocenters. The summed E-state index contributed by atoms with van der Waals surface area (Å²) in [5.74, 6) is -0.678. The van der Waals surface area contributed by atoms with Crippen molar-refractivity contribution in [1.29, 1.82) is 0 Å². The lowest BCUT2D eigenvalue weighted by atomic mass is 9.85. The first kappa shape index (κ1) is 18.0. The summed E-state index contributed by atoms with van der Waals surface area (Å²) in [5.41, 5.74) is 7.54. The van der Waals surface area contributed by atoms with E-state index in [1.54, 1.807) is 41.3 Å². The minimum atomic E-state index is -0.496. The molecule has 0 saturated carbocycles. The lowest BCUT2D eigenvalue weighted by Crippen LogP contribution is -2.49. The number of piperidine rings is 1. The molecule has 0 bridgehead atoms. The second-order valence-electron chi connectivity index (χ2n) is 7.53. The van der Waals surface area contributed by atoms with E-state index in [9.17, 15) is 14.0 Å². The van der Waals surface area contributed by atoms with Crippen LogP contribution in [0, 0.1) is 11.7 Å². The van der Waals surface area contributed by atoms with Gasteiger partial charge >= 0.3 is 0 Å². The number of nitrogens with zero attached hydrogens (tertiary/aromatic N) is 2. The van der Waals surface area contributed by atoms with Crippen molar-refractivity contribution in [2.24, 2.45) is 5.92 Å². The number of carbonyl (C=O) groups excluding carboxylic acids is 1. The van der Waals surface area contributed by atoms with Gasteiger partial charge in [0.1, 0.15) is 5.82 Å². The Bertz CT molecular complexity index is 1150. The van der Waals surface area contributed by atoms with Gasteiger partial charge in [0.25, 0.3) is 11.5 Å². The molecule has 2 saturated heterocycles. The van der Waals surface area contributed by atoms with Crippen molar-refractivity contribution in [2.75, 3.05) is 13.1 Å². The monoisotopic (exact) mass is 393 g/mol. The van der Waals surface area contributed by atoms with Crippen LogP contribution in [-0.4, -0.2) is 39.9 Å². The molecule has 2 aromatic carbocycles. The number of hydrazine groups is 1. The number of hydrogen-bond acceptors (Lipinski definition) is 5. The summed E-state index contributed by atoms with van der Waals surface area (Å²) in [7, 11) is 0. The fourth-order valence-electron chi connectivity index (χ4n) is 4.35. The summed E-state index contributed by atoms with van der Waals surface area (Å²) in [5, 5.41) is 0. The van der Waals surface area contributed by atoms with Crippen molar-refractivity contribution >= 4 is 16.9 Å². The fourth-order valence-corrected chi connectivity index (χ4v) is 4.35. The minimum absolute atomic E-state index is 0.0101. The summed E-state index contributed by atoms with van der Waals surface area (Å²) < 4.78 is 14.3. The molecule has 3 aromatic rings. The molecule has 3 heterocycles. The highest BCUT2D eigenvalue weighted by molar-refractivity contribution is 5.93. The van der Waals surface area contributed by atoms with Crippen LogP contribution in [0.5, 0.6) is 0 Å². The predicted octanol–water partition coefficient (Wildman–Crippen LogP) is 1.74. The van der Waals surface area contributed by atoms with Crippen LogP contribution in [0.3, 0.4) is 0 Å². The number of halogens is 1. The number of nitrogens with one attached hydrogen (secondary N) is 3. The van der Waals surface area contributed by atoms with Crippen LogP contribution in [0.4, 0.5) is 4.39 Å². The molecule has 1 aromatic heterocycles. The number of para-hydroxylation sites is 2. The Morgan fingerprint density at radius 3 is 2.76 bits per heavy atom. The van der Waals surface area contributed by atoms with Gasteiger partial charge in [-0.25, -0.2) is 14.8 Å². The molecular formula is C21H20FN5O2. The number of carbonyl (C=O) groups is 1. The third-order valence-electron chi connectivity index (χ3n) is 5.84. The van der Waals surface area contributed by atoms with E-state index in [-0.39, 0.29) is 29.5 Å². The molecule has 0 spiro atoms. The third kappa shape index (κ3) is 3.10. The number of rotatable bonds is 2. The third-order valence-corrected chi connectivity index (χ3v) is 5.84. The topological polar surface area (TPSA) is 90.1 Å². The Morgan fingerprint density at radius 2 is 1.90 bits per heavy atom. The molecule has 148 valence electrons. The van der Waals surface area contributed by atoms with E-state index >= 15 is 0 Å². The highest BCUT2D eigenvalue weighted by Gasteiger charge is 2.42. The zero-order chi connectivity index (χ0) is 20.0. The highest BCUT2D eigenvalue weighted by Crippen LogP contribution is 2.34. The van der Waals surface area contributed by atoms with Gasteiger partial charge < -0.3 is 9.88 Å². The van der Waals surface area contributed by atoms with Crippen LogP contribution in [0.1, 0.15) is 28.5 Å². The van der Waals surface area contributed by atoms with Crippen molar-refractivity contribution in [3.8, 4) is 0 Å². The van der Waals surface area contributed by atoms with Crippen LogP contribution in [0.15, 0.2) is 53.3 Å². The number of amides is 1. The van der Waals surface area contributed by atoms with Gasteiger partial charge in [0.2, 0.25) is 0 Å². The van der Waals surface area contributed by atoms with Crippen molar-refractivity contribution in [1.82, 2.24) is 25.7 Å². The van der Waals surface area contributed by atoms with Crippen molar-refractivity contribution in [3.63, 3.8) is 0 Å². The Hall–Kier alpha value is -3.10. The number of benzene rings is 2. The molecular weight excluding hydrogens is 373 g/mol. The molecule has 8 heteroatoms. The summed E-state index contributed by atoms with van der Waals surface area (Å²) in [6.45, 7) is 0.920. The van der Waals surface area contributed by atoms with Gasteiger partial charge in [-0.15, -0.1) is 0 Å². The Morgan fingerprint density at radius 1 is 1.10 bits per heavy atom. The maximum atomic E-state index is 14.3. The number of aromatic amines is 1. The summed E-state index contributed by atoms with van der Waals surface area (Å²) in [6, 6.07) is 13.7. The molecule has 0 aliphatic carbocycles. The number of fused-ring (bicyclic) bond motifs is 2. The number of likely N-dealkylation sites (tertiary alicyclic amines) is 1. The summed E-state index contributed by atoms with van der Waals surface area (Å²) >= 11 is 0. The lowest BCUT2D eigenvalue weighted by Gasteiger charge is -2.36. The molecule has 2 aliphatic rings. The number of H-pyrrole nitrogens is 1. The summed E-state index contributed by atoms with van der Waals surface area (Å²) in [6.07, 6.45) is 0.708. The lowest BCUT2D eigenvalue weighted by molar-refractivity contribution is 0.0644. The minimum Gasteiger partial charge on any atom is -0.337 e. The first-order chi connectivity index (χ1) is 14.1. The van der Waals surface area contributed by atoms with Gasteiger partial charge in [-0.05, 0) is 24.6 Å². The number of hydrogen-bond donors (Lipinski definition) is 3. The van der Waals surface area contributed by atoms with E-state index in [0.717, 1.165) is 0 Å². The molecule has 2 fully saturated rings. The first-order valence-electron chi connectivity index (χ1n) is 9.65. The van der Waals surface area contributed by atoms with Gasteiger partial charge in [0.15, 0.2) is 5.69 Å². The van der Waals surface area contributed by atoms with Crippen molar-refractivity contribution in [2.45, 2.75) is 18.5 Å². The van der Waals surface area contributed by atoms with Gasteiger partial charge in [-0.1, -0.05) is 30.3 Å². The fraction of sp³-hybridized carbons (Fsp3) is 0.286. The molecule has 5 rings (SSSR count). The van der Waals surface area contributed by atoms with E-state index in [0.29, 0.717) is 36.1 Å². The SMILES string of the molecule is O=C(c1nc2ccccc2[nH]c1=O)N1CCC2NNC(c3ccccc3F)C2C1. The zero-order valence-electron chi connectivity index (χ0n) is 15.6. The number of aromatic nitrogens is 2. The van der Waals surface area contributed by atoms with Gasteiger partial charge in [-0.2, -0.15) is 0 Å². The van der Waals surface area contributed by atoms with Crippen LogP contribution in [-0.2, 0) is 0 Å². The van der Waals surface area contributed by atoms with Crippen LogP contribution in [0.25, 0.3) is 11.0 Å². The van der Waals surface area contributed by atoms with Crippen LogP contribution >= 0.6 is 0 Å². The molecule has 29 heavy (non-hydrogen) atoms. The van der Waals surface area contributed by atoms with E-state index in [2.05, 4.69) is 20.8 Å². The Kier molecular flexibility index (Phi) is 4.37. The Balaban J connectivity index is 1.43. The zero-order valence-corrected chi connectivity index (χ0v) is 15.6. The highest BCUT2D eigenvalue weighted by atomic mass is 19.1. The molecule has 3 N–H and O–H groups in total. The van der Waals surface area contributed by atoms with E-state index in [1.165, 1.54) is 6.07 Å². The van der Waals surface area contributed by atoms with E-state index in [4.69, 9.17) is 0 Å². The molecule has 3 atom stereocenters. The van der Waals surface area contributed by atoms with E-state index in [1.807, 2.05) is 6.07 Å². The van der Waals surface area contributed by atoms with Crippen molar-refractivity contribution in [3.05, 3.63) is 76.0 Å².